The summed E-state index contributed by atoms with van der Waals surface area (Å²) >= 11 is 1.82. The highest BCUT2D eigenvalue weighted by atomic mass is 32.2. The Morgan fingerprint density at radius 1 is 1.15 bits per heavy atom. The lowest BCUT2D eigenvalue weighted by molar-refractivity contribution is -0.134. The maximum atomic E-state index is 12.9. The number of aromatic nitrogens is 3. The fraction of sp³-hybridized carbons (Fsp3) is 0.455. The van der Waals surface area contributed by atoms with Crippen molar-refractivity contribution in [2.45, 2.75) is 36.5 Å². The number of nitrogens with zero attached hydrogens (tertiary/aromatic N) is 4. The number of carboxylic acids is 2. The third-order valence-electron chi connectivity index (χ3n) is 5.13. The van der Waals surface area contributed by atoms with Crippen LogP contribution in [0.15, 0.2) is 46.1 Å². The first-order valence-corrected chi connectivity index (χ1v) is 11.6. The number of hydrogen-bond donors (Lipinski definition) is 2. The molecule has 0 radical (unpaired) electrons. The summed E-state index contributed by atoms with van der Waals surface area (Å²) in [5.74, 6) is -1.64. The number of carbonyl (C=O) groups is 2. The van der Waals surface area contributed by atoms with Gasteiger partial charge in [0, 0.05) is 54.9 Å². The van der Waals surface area contributed by atoms with Crippen LogP contribution >= 0.6 is 11.8 Å². The summed E-state index contributed by atoms with van der Waals surface area (Å²) in [5.41, 5.74) is 0.954. The molecule has 1 atom stereocenters. The number of benzene rings is 1. The van der Waals surface area contributed by atoms with Gasteiger partial charge in [0.25, 0.3) is 0 Å². The number of morpholine rings is 1. The molecular formula is C22H28N4O6S. The Labute approximate surface area is 195 Å². The third-order valence-corrected chi connectivity index (χ3v) is 6.30. The zero-order chi connectivity index (χ0) is 23.8. The minimum absolute atomic E-state index is 0.0147. The topological polar surface area (TPSA) is 127 Å². The Morgan fingerprint density at radius 2 is 1.82 bits per heavy atom. The summed E-state index contributed by atoms with van der Waals surface area (Å²) in [6.45, 7) is 7.43. The first kappa shape index (κ1) is 24.7. The number of carboxylic acid groups (broad SMARTS) is 2. The highest BCUT2D eigenvalue weighted by Crippen LogP contribution is 2.33. The van der Waals surface area contributed by atoms with Gasteiger partial charge in [-0.1, -0.05) is 19.1 Å². The number of thioether (sulfide) groups is 1. The number of aliphatic carboxylic acids is 2. The molecule has 2 N–H and O–H groups in total. The van der Waals surface area contributed by atoms with Crippen molar-refractivity contribution < 1.29 is 24.5 Å². The summed E-state index contributed by atoms with van der Waals surface area (Å²) in [5, 5.41) is 20.7. The van der Waals surface area contributed by atoms with E-state index in [9.17, 15) is 14.4 Å². The lowest BCUT2D eigenvalue weighted by atomic mass is 10.3. The molecule has 33 heavy (non-hydrogen) atoms. The molecule has 1 aromatic heterocycles. The normalized spacial score (nSPS) is 18.0. The minimum atomic E-state index is -1.26. The number of aryl methyl sites for hydroxylation is 1. The molecule has 178 valence electrons. The second-order valence-corrected chi connectivity index (χ2v) is 9.16. The van der Waals surface area contributed by atoms with Gasteiger partial charge in [0.2, 0.25) is 0 Å². The van der Waals surface area contributed by atoms with Crippen molar-refractivity contribution in [2.75, 3.05) is 32.8 Å². The van der Waals surface area contributed by atoms with Gasteiger partial charge in [-0.3, -0.25) is 4.90 Å². The van der Waals surface area contributed by atoms with Crippen LogP contribution in [-0.4, -0.2) is 79.5 Å². The molecule has 0 bridgehead atoms. The summed E-state index contributed by atoms with van der Waals surface area (Å²) in [7, 11) is 0. The molecule has 4 rings (SSSR count). The summed E-state index contributed by atoms with van der Waals surface area (Å²) < 4.78 is 8.83. The van der Waals surface area contributed by atoms with Crippen LogP contribution < -0.4 is 5.69 Å². The average Bonchev–Trinajstić information content (AvgIpc) is 3.00. The molecule has 0 amide bonds. The summed E-state index contributed by atoms with van der Waals surface area (Å²) in [4.78, 5) is 35.6. The number of ether oxygens (including phenoxy) is 1. The molecule has 2 aromatic rings. The molecule has 2 aliphatic heterocycles. The predicted molar refractivity (Wildman–Crippen MR) is 123 cm³/mol. The van der Waals surface area contributed by atoms with Gasteiger partial charge in [0.15, 0.2) is 0 Å². The van der Waals surface area contributed by atoms with Crippen LogP contribution in [0.1, 0.15) is 19.2 Å². The SMILES string of the molecule is CC1Cc2nn(CCCN3CCOCC3)c(=O)n2-c2ccccc2S1.O=C(O)/C=C/C(=O)O. The molecule has 1 fully saturated rings. The van der Waals surface area contributed by atoms with E-state index in [-0.39, 0.29) is 5.69 Å². The van der Waals surface area contributed by atoms with Crippen LogP contribution in [0.4, 0.5) is 0 Å². The van der Waals surface area contributed by atoms with Crippen molar-refractivity contribution in [3.63, 3.8) is 0 Å². The smallest absolute Gasteiger partial charge is 0.350 e. The predicted octanol–water partition coefficient (Wildman–Crippen LogP) is 1.50. The molecule has 11 heteroatoms. The van der Waals surface area contributed by atoms with E-state index in [0.717, 1.165) is 62.1 Å². The molecule has 1 saturated heterocycles. The van der Waals surface area contributed by atoms with Crippen LogP contribution in [0.25, 0.3) is 5.69 Å². The Bertz CT molecular complexity index is 1040. The Morgan fingerprint density at radius 3 is 2.48 bits per heavy atom. The van der Waals surface area contributed by atoms with Gasteiger partial charge < -0.3 is 14.9 Å². The molecule has 3 heterocycles. The van der Waals surface area contributed by atoms with Gasteiger partial charge in [0.05, 0.1) is 18.9 Å². The van der Waals surface area contributed by atoms with Crippen molar-refractivity contribution in [3.05, 3.63) is 52.7 Å². The van der Waals surface area contributed by atoms with Gasteiger partial charge in [-0.25, -0.2) is 23.6 Å². The highest BCUT2D eigenvalue weighted by Gasteiger charge is 2.24. The number of para-hydroxylation sites is 1. The lowest BCUT2D eigenvalue weighted by Gasteiger charge is -2.26. The largest absolute Gasteiger partial charge is 0.478 e. The van der Waals surface area contributed by atoms with Gasteiger partial charge in [-0.05, 0) is 18.6 Å². The first-order chi connectivity index (χ1) is 15.8. The van der Waals surface area contributed by atoms with E-state index in [2.05, 4.69) is 23.0 Å². The second kappa shape index (κ2) is 11.8. The van der Waals surface area contributed by atoms with Gasteiger partial charge in [0.1, 0.15) is 5.82 Å². The van der Waals surface area contributed by atoms with Crippen LogP contribution in [0, 0.1) is 0 Å². The van der Waals surface area contributed by atoms with Crippen LogP contribution in [-0.2, 0) is 27.3 Å². The molecule has 1 unspecified atom stereocenters. The lowest BCUT2D eigenvalue weighted by Crippen LogP contribution is -2.37. The van der Waals surface area contributed by atoms with Crippen LogP contribution in [0.2, 0.25) is 0 Å². The van der Waals surface area contributed by atoms with Crippen molar-refractivity contribution in [2.24, 2.45) is 0 Å². The van der Waals surface area contributed by atoms with Gasteiger partial charge >= 0.3 is 17.6 Å². The molecule has 1 aromatic carbocycles. The van der Waals surface area contributed by atoms with Crippen LogP contribution in [0.5, 0.6) is 0 Å². The molecule has 0 saturated carbocycles. The highest BCUT2D eigenvalue weighted by molar-refractivity contribution is 8.00. The second-order valence-electron chi connectivity index (χ2n) is 7.68. The third kappa shape index (κ3) is 7.04. The van der Waals surface area contributed by atoms with E-state index >= 15 is 0 Å². The Hall–Kier alpha value is -2.89. The molecular weight excluding hydrogens is 448 g/mol. The fourth-order valence-electron chi connectivity index (χ4n) is 3.64. The van der Waals surface area contributed by atoms with Crippen molar-refractivity contribution >= 4 is 23.7 Å². The number of hydrogen-bond acceptors (Lipinski definition) is 7. The zero-order valence-electron chi connectivity index (χ0n) is 18.4. The average molecular weight is 477 g/mol. The first-order valence-electron chi connectivity index (χ1n) is 10.7. The standard InChI is InChI=1S/C18H24N4O2S.C4H4O4/c1-14-13-17-19-21(8-4-7-20-9-11-24-12-10-20)18(23)22(17)15-5-2-3-6-16(15)25-14;5-3(6)1-2-4(7)8/h2-3,5-6,14H,4,7-13H2,1H3;1-2H,(H,5,6)(H,7,8)/b;2-1+. The van der Waals surface area contributed by atoms with E-state index in [1.807, 2.05) is 30.0 Å². The van der Waals surface area contributed by atoms with Crippen molar-refractivity contribution in [1.29, 1.82) is 0 Å². The minimum Gasteiger partial charge on any atom is -0.478 e. The molecule has 2 aliphatic rings. The Kier molecular flexibility index (Phi) is 8.87. The van der Waals surface area contributed by atoms with Gasteiger partial charge in [-0.2, -0.15) is 5.10 Å². The number of fused-ring (bicyclic) bond motifs is 3. The summed E-state index contributed by atoms with van der Waals surface area (Å²) in [6.07, 6.45) is 2.86. The molecule has 10 nitrogen and oxygen atoms in total. The molecule has 0 aliphatic carbocycles. The zero-order valence-corrected chi connectivity index (χ0v) is 19.2. The monoisotopic (exact) mass is 476 g/mol. The Balaban J connectivity index is 0.000000331. The van der Waals surface area contributed by atoms with E-state index in [0.29, 0.717) is 23.9 Å². The van der Waals surface area contributed by atoms with E-state index in [1.165, 1.54) is 0 Å². The van der Waals surface area contributed by atoms with Crippen molar-refractivity contribution in [1.82, 2.24) is 19.2 Å². The van der Waals surface area contributed by atoms with Crippen LogP contribution in [0.3, 0.4) is 0 Å². The fourth-order valence-corrected chi connectivity index (χ4v) is 4.74. The van der Waals surface area contributed by atoms with E-state index in [1.54, 1.807) is 9.25 Å². The van der Waals surface area contributed by atoms with E-state index < -0.39 is 11.9 Å². The van der Waals surface area contributed by atoms with Gasteiger partial charge in [-0.15, -0.1) is 11.8 Å². The number of rotatable bonds is 6. The maximum Gasteiger partial charge on any atom is 0.350 e. The molecule has 0 spiro atoms. The van der Waals surface area contributed by atoms with E-state index in [4.69, 9.17) is 14.9 Å². The maximum absolute atomic E-state index is 12.9. The van der Waals surface area contributed by atoms with Crippen molar-refractivity contribution in [3.8, 4) is 5.69 Å². The summed E-state index contributed by atoms with van der Waals surface area (Å²) in [6, 6.07) is 8.13. The quantitative estimate of drug-likeness (QED) is 0.596.